The summed E-state index contributed by atoms with van der Waals surface area (Å²) in [6.07, 6.45) is 4.73. The third kappa shape index (κ3) is 9.68. The van der Waals surface area contributed by atoms with Gasteiger partial charge in [0.05, 0.1) is 18.8 Å². The lowest BCUT2D eigenvalue weighted by Gasteiger charge is -2.29. The van der Waals surface area contributed by atoms with Crippen molar-refractivity contribution < 1.29 is 34.4 Å². The number of carbonyl (C=O) groups excluding carboxylic acids is 1. The number of anilines is 2. The smallest absolute Gasteiger partial charge is 0.335 e. The fourth-order valence-corrected chi connectivity index (χ4v) is 4.54. The maximum absolute atomic E-state index is 11.8. The van der Waals surface area contributed by atoms with Crippen molar-refractivity contribution >= 4 is 35.5 Å². The van der Waals surface area contributed by atoms with Gasteiger partial charge in [0, 0.05) is 64.7 Å². The number of Topliss-reactive ketones (excluding diaryl/α,β-unsaturated/α-hetero) is 1. The van der Waals surface area contributed by atoms with Gasteiger partial charge in [0.15, 0.2) is 17.4 Å². The summed E-state index contributed by atoms with van der Waals surface area (Å²) in [6.45, 7) is 4.32. The van der Waals surface area contributed by atoms with Gasteiger partial charge < -0.3 is 34.6 Å². The third-order valence-electron chi connectivity index (χ3n) is 6.94. The minimum absolute atomic E-state index is 0.0110. The van der Waals surface area contributed by atoms with Gasteiger partial charge >= 0.3 is 5.97 Å². The lowest BCUT2D eigenvalue weighted by molar-refractivity contribution is 0.0696. The van der Waals surface area contributed by atoms with Crippen LogP contribution in [0.5, 0.6) is 0 Å². The number of aromatic nitrogens is 2. The molecular weight excluding hydrogens is 564 g/mol. The molecule has 0 amide bonds. The molecule has 11 nitrogen and oxygen atoms in total. The van der Waals surface area contributed by atoms with Gasteiger partial charge in [-0.2, -0.15) is 0 Å². The van der Waals surface area contributed by atoms with E-state index in [2.05, 4.69) is 0 Å². The minimum atomic E-state index is -1.03. The van der Waals surface area contributed by atoms with E-state index < -0.39 is 5.97 Å². The number of carboxylic acids is 1. The zero-order valence-electron chi connectivity index (χ0n) is 25.6. The number of carboxylic acid groups (broad SMARTS) is 1. The van der Waals surface area contributed by atoms with Gasteiger partial charge in [-0.3, -0.25) is 4.79 Å². The van der Waals surface area contributed by atoms with E-state index in [4.69, 9.17) is 19.4 Å². The first-order valence-electron chi connectivity index (χ1n) is 14.6. The highest BCUT2D eigenvalue weighted by atomic mass is 16.5. The molecule has 0 aliphatic carbocycles. The normalized spacial score (nSPS) is 11.2. The Hall–Kier alpha value is -4.16. The van der Waals surface area contributed by atoms with Gasteiger partial charge in [0.1, 0.15) is 11.4 Å². The van der Waals surface area contributed by atoms with E-state index in [1.165, 1.54) is 19.1 Å². The molecule has 0 aliphatic heterocycles. The van der Waals surface area contributed by atoms with Crippen LogP contribution in [0.2, 0.25) is 0 Å². The second kappa shape index (κ2) is 17.8. The largest absolute Gasteiger partial charge is 0.478 e. The van der Waals surface area contributed by atoms with Crippen LogP contribution < -0.4 is 9.80 Å². The van der Waals surface area contributed by atoms with Crippen LogP contribution in [0.3, 0.4) is 0 Å². The summed E-state index contributed by atoms with van der Waals surface area (Å²) in [4.78, 5) is 37.6. The first-order chi connectivity index (χ1) is 21.3. The lowest BCUT2D eigenvalue weighted by Crippen LogP contribution is -2.33. The minimum Gasteiger partial charge on any atom is -0.478 e. The van der Waals surface area contributed by atoms with Gasteiger partial charge in [0.2, 0.25) is 0 Å². The first kappa shape index (κ1) is 34.3. The van der Waals surface area contributed by atoms with Crippen molar-refractivity contribution in [1.82, 2.24) is 9.97 Å². The van der Waals surface area contributed by atoms with Gasteiger partial charge in [-0.15, -0.1) is 0 Å². The molecule has 0 spiro atoms. The van der Waals surface area contributed by atoms with Crippen molar-refractivity contribution in [2.24, 2.45) is 0 Å². The number of ketones is 1. The number of rotatable bonds is 19. The van der Waals surface area contributed by atoms with E-state index >= 15 is 0 Å². The summed E-state index contributed by atoms with van der Waals surface area (Å²) >= 11 is 0. The SMILES string of the molecule is COCCN(CCOC)c1nc(-c2ccc(C(=O)O)cc2)c(N(CCCO)CCCO)nc1/C=C/c1ccc(C(C)=O)cc1. The number of methoxy groups -OCH3 is 2. The van der Waals surface area contributed by atoms with E-state index in [0.717, 1.165) is 5.56 Å². The molecular formula is C33H42N4O7. The number of aliphatic hydroxyl groups excluding tert-OH is 2. The zero-order chi connectivity index (χ0) is 31.9. The highest BCUT2D eigenvalue weighted by molar-refractivity contribution is 5.94. The first-order valence-corrected chi connectivity index (χ1v) is 14.6. The fraction of sp³-hybridized carbons (Fsp3) is 0.394. The Morgan fingerprint density at radius 1 is 0.750 bits per heavy atom. The standard InChI is InChI=1S/C33H42N4O7/c1-24(40)26-9-6-25(7-10-26)8-15-29-31(37(18-22-43-2)19-23-44-3)35-30(27-11-13-28(14-12-27)33(41)42)32(34-29)36(16-4-20-38)17-5-21-39/h6-15,38-39H,4-5,16-23H2,1-3H3,(H,41,42)/b15-8+. The Balaban J connectivity index is 2.27. The Morgan fingerprint density at radius 3 is 1.80 bits per heavy atom. The summed E-state index contributed by atoms with van der Waals surface area (Å²) in [7, 11) is 3.26. The zero-order valence-corrected chi connectivity index (χ0v) is 25.6. The van der Waals surface area contributed by atoms with Crippen molar-refractivity contribution in [3.8, 4) is 11.3 Å². The summed E-state index contributed by atoms with van der Waals surface area (Å²) in [5, 5.41) is 28.7. The van der Waals surface area contributed by atoms with Crippen molar-refractivity contribution in [1.29, 1.82) is 0 Å². The van der Waals surface area contributed by atoms with Crippen LogP contribution in [-0.2, 0) is 9.47 Å². The summed E-state index contributed by atoms with van der Waals surface area (Å²) in [5.74, 6) is 0.0889. The quantitative estimate of drug-likeness (QED) is 0.171. The van der Waals surface area contributed by atoms with E-state index in [9.17, 15) is 24.9 Å². The van der Waals surface area contributed by atoms with E-state index in [1.54, 1.807) is 38.5 Å². The lowest BCUT2D eigenvalue weighted by atomic mass is 10.1. The van der Waals surface area contributed by atoms with Crippen LogP contribution >= 0.6 is 0 Å². The van der Waals surface area contributed by atoms with Crippen molar-refractivity contribution in [2.75, 3.05) is 76.6 Å². The van der Waals surface area contributed by atoms with E-state index in [-0.39, 0.29) is 24.6 Å². The molecule has 3 aromatic rings. The predicted molar refractivity (Wildman–Crippen MR) is 171 cm³/mol. The molecule has 2 aromatic carbocycles. The van der Waals surface area contributed by atoms with E-state index in [0.29, 0.717) is 86.4 Å². The Kier molecular flexibility index (Phi) is 13.9. The second-order valence-electron chi connectivity index (χ2n) is 10.1. The number of benzene rings is 2. The molecule has 236 valence electrons. The number of hydrogen-bond acceptors (Lipinski definition) is 10. The molecule has 3 N–H and O–H groups in total. The van der Waals surface area contributed by atoms with Crippen LogP contribution in [0.15, 0.2) is 48.5 Å². The van der Waals surface area contributed by atoms with Gasteiger partial charge in [0.25, 0.3) is 0 Å². The van der Waals surface area contributed by atoms with E-state index in [1.807, 2.05) is 34.1 Å². The highest BCUT2D eigenvalue weighted by Gasteiger charge is 2.23. The van der Waals surface area contributed by atoms with Crippen LogP contribution in [0.1, 0.15) is 51.7 Å². The van der Waals surface area contributed by atoms with Crippen LogP contribution in [0.25, 0.3) is 23.4 Å². The van der Waals surface area contributed by atoms with Crippen molar-refractivity contribution in [3.05, 3.63) is 70.9 Å². The number of aromatic carboxylic acids is 1. The molecule has 0 fully saturated rings. The number of nitrogens with zero attached hydrogens (tertiary/aromatic N) is 4. The molecule has 0 atom stereocenters. The molecule has 0 saturated heterocycles. The predicted octanol–water partition coefficient (Wildman–Crippen LogP) is 3.89. The summed E-state index contributed by atoms with van der Waals surface area (Å²) in [6, 6.07) is 13.7. The van der Waals surface area contributed by atoms with Crippen LogP contribution in [0, 0.1) is 0 Å². The monoisotopic (exact) mass is 606 g/mol. The third-order valence-corrected chi connectivity index (χ3v) is 6.94. The van der Waals surface area contributed by atoms with Crippen molar-refractivity contribution in [3.63, 3.8) is 0 Å². The average molecular weight is 607 g/mol. The topological polar surface area (TPSA) is 146 Å². The molecule has 1 aromatic heterocycles. The molecule has 0 unspecified atom stereocenters. The molecule has 0 saturated carbocycles. The number of hydrogen-bond donors (Lipinski definition) is 3. The summed E-state index contributed by atoms with van der Waals surface area (Å²) < 4.78 is 10.8. The molecule has 0 aliphatic rings. The summed E-state index contributed by atoms with van der Waals surface area (Å²) in [5.41, 5.74) is 3.43. The highest BCUT2D eigenvalue weighted by Crippen LogP contribution is 2.33. The van der Waals surface area contributed by atoms with Crippen molar-refractivity contribution in [2.45, 2.75) is 19.8 Å². The van der Waals surface area contributed by atoms with Crippen LogP contribution in [-0.4, -0.2) is 104 Å². The number of carbonyl (C=O) groups is 2. The average Bonchev–Trinajstić information content (AvgIpc) is 3.04. The number of aliphatic hydroxyl groups is 2. The van der Waals surface area contributed by atoms with Gasteiger partial charge in [-0.05, 0) is 43.5 Å². The maximum Gasteiger partial charge on any atom is 0.335 e. The fourth-order valence-electron chi connectivity index (χ4n) is 4.54. The Morgan fingerprint density at radius 2 is 1.30 bits per heavy atom. The molecule has 11 heteroatoms. The Bertz CT molecular complexity index is 1360. The molecule has 0 radical (unpaired) electrons. The Labute approximate surface area is 258 Å². The van der Waals surface area contributed by atoms with Gasteiger partial charge in [-0.1, -0.05) is 42.5 Å². The molecule has 0 bridgehead atoms. The molecule has 1 heterocycles. The van der Waals surface area contributed by atoms with Gasteiger partial charge in [-0.25, -0.2) is 14.8 Å². The molecule has 44 heavy (non-hydrogen) atoms. The van der Waals surface area contributed by atoms with Crippen LogP contribution in [0.4, 0.5) is 11.6 Å². The second-order valence-corrected chi connectivity index (χ2v) is 10.1. The maximum atomic E-state index is 11.8. The number of ether oxygens (including phenoxy) is 2. The molecule has 3 rings (SSSR count).